The normalized spacial score (nSPS) is 11.3. The summed E-state index contributed by atoms with van der Waals surface area (Å²) in [6.45, 7) is 0. The average molecular weight is 437 g/mol. The maximum atomic E-state index is 13.3. The van der Waals surface area contributed by atoms with Crippen LogP contribution in [0.15, 0.2) is 64.6 Å². The van der Waals surface area contributed by atoms with E-state index in [1.165, 1.54) is 30.8 Å². The van der Waals surface area contributed by atoms with Crippen LogP contribution >= 0.6 is 22.9 Å². The number of hydrogen-bond donors (Lipinski definition) is 1. The molecule has 0 radical (unpaired) electrons. The van der Waals surface area contributed by atoms with Crippen molar-refractivity contribution in [2.45, 2.75) is 0 Å². The molecule has 148 valence electrons. The van der Waals surface area contributed by atoms with Crippen LogP contribution in [0.3, 0.4) is 0 Å². The molecule has 0 bridgehead atoms. The van der Waals surface area contributed by atoms with Crippen molar-refractivity contribution < 1.29 is 4.74 Å². The van der Waals surface area contributed by atoms with Crippen LogP contribution < -0.4 is 16.0 Å². The zero-order valence-corrected chi connectivity index (χ0v) is 17.1. The molecule has 4 heterocycles. The van der Waals surface area contributed by atoms with E-state index in [1.807, 2.05) is 24.3 Å². The molecule has 9 heteroatoms. The molecule has 5 rings (SSSR count). The van der Waals surface area contributed by atoms with Gasteiger partial charge in [0.15, 0.2) is 0 Å². The second-order valence-corrected chi connectivity index (χ2v) is 7.93. The molecule has 30 heavy (non-hydrogen) atoms. The summed E-state index contributed by atoms with van der Waals surface area (Å²) in [4.78, 5) is 37.9. The van der Waals surface area contributed by atoms with Crippen molar-refractivity contribution in [2.75, 3.05) is 7.11 Å². The third-order valence-electron chi connectivity index (χ3n) is 4.78. The lowest BCUT2D eigenvalue weighted by molar-refractivity contribution is 0.413. The zero-order chi connectivity index (χ0) is 20.8. The summed E-state index contributed by atoms with van der Waals surface area (Å²) in [5.41, 5.74) is 0.529. The molecule has 7 nitrogen and oxygen atoms in total. The molecule has 0 aliphatic rings. The van der Waals surface area contributed by atoms with Crippen molar-refractivity contribution in [3.63, 3.8) is 0 Å². The van der Waals surface area contributed by atoms with E-state index in [4.69, 9.17) is 16.3 Å². The van der Waals surface area contributed by atoms with Crippen molar-refractivity contribution in [2.24, 2.45) is 0 Å². The van der Waals surface area contributed by atoms with Gasteiger partial charge in [0.05, 0.1) is 30.7 Å². The Kier molecular flexibility index (Phi) is 4.38. The lowest BCUT2D eigenvalue weighted by atomic mass is 10.1. The van der Waals surface area contributed by atoms with Gasteiger partial charge < -0.3 is 9.72 Å². The molecule has 0 spiro atoms. The van der Waals surface area contributed by atoms with Gasteiger partial charge in [-0.3, -0.25) is 9.78 Å². The number of hydrogen-bond acceptors (Lipinski definition) is 6. The van der Waals surface area contributed by atoms with Gasteiger partial charge >= 0.3 is 5.69 Å². The molecule has 1 aromatic carbocycles. The summed E-state index contributed by atoms with van der Waals surface area (Å²) in [6, 6.07) is 10.9. The molecule has 0 aliphatic carbocycles. The number of fused-ring (bicyclic) bond motifs is 2. The third kappa shape index (κ3) is 2.89. The van der Waals surface area contributed by atoms with Gasteiger partial charge in [0.1, 0.15) is 15.6 Å². The predicted octanol–water partition coefficient (Wildman–Crippen LogP) is 4.01. The molecular formula is C21H13ClN4O3S. The highest BCUT2D eigenvalue weighted by Crippen LogP contribution is 2.36. The van der Waals surface area contributed by atoms with E-state index in [1.54, 1.807) is 18.3 Å². The Morgan fingerprint density at radius 1 is 1.13 bits per heavy atom. The van der Waals surface area contributed by atoms with Crippen LogP contribution in [0.25, 0.3) is 37.1 Å². The van der Waals surface area contributed by atoms with E-state index in [0.29, 0.717) is 32.1 Å². The zero-order valence-electron chi connectivity index (χ0n) is 15.5. The Morgan fingerprint density at radius 2 is 1.97 bits per heavy atom. The second-order valence-electron chi connectivity index (χ2n) is 6.52. The van der Waals surface area contributed by atoms with E-state index in [2.05, 4.69) is 15.0 Å². The van der Waals surface area contributed by atoms with Crippen molar-refractivity contribution in [3.05, 3.63) is 81.0 Å². The van der Waals surface area contributed by atoms with E-state index < -0.39 is 11.2 Å². The maximum Gasteiger partial charge on any atom is 0.333 e. The molecule has 0 fully saturated rings. The Hall–Kier alpha value is -3.49. The second kappa shape index (κ2) is 7.08. The van der Waals surface area contributed by atoms with Crippen LogP contribution in [0, 0.1) is 0 Å². The fourth-order valence-electron chi connectivity index (χ4n) is 3.35. The molecule has 0 saturated carbocycles. The largest absolute Gasteiger partial charge is 0.495 e. The van der Waals surface area contributed by atoms with E-state index in [0.717, 1.165) is 15.3 Å². The van der Waals surface area contributed by atoms with Crippen molar-refractivity contribution >= 4 is 43.9 Å². The molecule has 5 aromatic rings. The summed E-state index contributed by atoms with van der Waals surface area (Å²) in [5, 5.41) is 1.88. The predicted molar refractivity (Wildman–Crippen MR) is 118 cm³/mol. The minimum Gasteiger partial charge on any atom is -0.495 e. The van der Waals surface area contributed by atoms with Gasteiger partial charge in [-0.05, 0) is 12.1 Å². The molecular weight excluding hydrogens is 424 g/mol. The summed E-state index contributed by atoms with van der Waals surface area (Å²) in [5.74, 6) is 0.541. The topological polar surface area (TPSA) is 89.9 Å². The van der Waals surface area contributed by atoms with Crippen LogP contribution in [0.5, 0.6) is 5.75 Å². The highest BCUT2D eigenvalue weighted by atomic mass is 35.5. The van der Waals surface area contributed by atoms with Gasteiger partial charge in [0.2, 0.25) is 0 Å². The molecule has 4 aromatic heterocycles. The third-order valence-corrected chi connectivity index (χ3v) is 6.23. The van der Waals surface area contributed by atoms with Crippen LogP contribution in [0.4, 0.5) is 0 Å². The number of aromatic amines is 1. The minimum absolute atomic E-state index is 0.281. The summed E-state index contributed by atoms with van der Waals surface area (Å²) in [6.07, 6.45) is 4.72. The minimum atomic E-state index is -0.537. The summed E-state index contributed by atoms with van der Waals surface area (Å²) < 4.78 is 6.73. The lowest BCUT2D eigenvalue weighted by Crippen LogP contribution is -2.33. The fraction of sp³-hybridized carbons (Fsp3) is 0.0476. The average Bonchev–Trinajstić information content (AvgIpc) is 3.18. The van der Waals surface area contributed by atoms with Crippen molar-refractivity contribution in [1.82, 2.24) is 19.5 Å². The highest BCUT2D eigenvalue weighted by molar-refractivity contribution is 7.22. The molecule has 0 unspecified atom stereocenters. The summed E-state index contributed by atoms with van der Waals surface area (Å²) in [7, 11) is 1.54. The van der Waals surface area contributed by atoms with Gasteiger partial charge in [0, 0.05) is 27.4 Å². The Morgan fingerprint density at radius 3 is 2.80 bits per heavy atom. The first-order valence-corrected chi connectivity index (χ1v) is 10.1. The van der Waals surface area contributed by atoms with Crippen molar-refractivity contribution in [1.29, 1.82) is 0 Å². The Balaban J connectivity index is 1.78. The molecule has 0 atom stereocenters. The number of pyridine rings is 2. The first-order chi connectivity index (χ1) is 14.6. The summed E-state index contributed by atoms with van der Waals surface area (Å²) >= 11 is 7.48. The quantitative estimate of drug-likeness (QED) is 0.431. The maximum absolute atomic E-state index is 13.3. The molecule has 0 amide bonds. The van der Waals surface area contributed by atoms with E-state index in [9.17, 15) is 9.59 Å². The van der Waals surface area contributed by atoms with Crippen LogP contribution in [0.1, 0.15) is 0 Å². The van der Waals surface area contributed by atoms with Gasteiger partial charge in [-0.25, -0.2) is 14.3 Å². The molecule has 0 saturated heterocycles. The number of benzene rings is 1. The number of ether oxygens (including phenoxy) is 1. The Bertz CT molecular complexity index is 1550. The van der Waals surface area contributed by atoms with Gasteiger partial charge in [-0.1, -0.05) is 35.9 Å². The smallest absolute Gasteiger partial charge is 0.333 e. The SMILES string of the molecule is COc1cnc(Cl)c(-c2cc3[nH]c(=O)n(-c4cncc5ccccc45)c(=O)c3s2)c1. The number of H-pyrrole nitrogens is 1. The van der Waals surface area contributed by atoms with Gasteiger partial charge in [0.25, 0.3) is 5.56 Å². The first kappa shape index (κ1) is 18.5. The number of methoxy groups -OCH3 is 1. The van der Waals surface area contributed by atoms with Crippen molar-refractivity contribution in [3.8, 4) is 21.9 Å². The van der Waals surface area contributed by atoms with Gasteiger partial charge in [-0.15, -0.1) is 11.3 Å². The number of halogens is 1. The Labute approximate surface area is 178 Å². The number of nitrogens with one attached hydrogen (secondary N) is 1. The number of aromatic nitrogens is 4. The number of nitrogens with zero attached hydrogens (tertiary/aromatic N) is 3. The van der Waals surface area contributed by atoms with Gasteiger partial charge in [-0.2, -0.15) is 0 Å². The standard InChI is InChI=1S/C21H13ClN4O3S/c1-29-12-6-14(19(22)24-9-12)17-7-15-18(30-17)20(27)26(21(28)25-15)16-10-23-8-11-4-2-3-5-13(11)16/h2-10H,1H3,(H,25,28). The van der Waals surface area contributed by atoms with E-state index in [-0.39, 0.29) is 5.15 Å². The number of rotatable bonds is 3. The lowest BCUT2D eigenvalue weighted by Gasteiger charge is -2.07. The number of thiophene rings is 1. The van der Waals surface area contributed by atoms with Crippen LogP contribution in [-0.2, 0) is 0 Å². The van der Waals surface area contributed by atoms with Crippen LogP contribution in [0.2, 0.25) is 5.15 Å². The fourth-order valence-corrected chi connectivity index (χ4v) is 4.67. The van der Waals surface area contributed by atoms with Crippen LogP contribution in [-0.4, -0.2) is 26.6 Å². The monoisotopic (exact) mass is 436 g/mol. The molecule has 1 N–H and O–H groups in total. The highest BCUT2D eigenvalue weighted by Gasteiger charge is 2.17. The molecule has 0 aliphatic heterocycles. The first-order valence-electron chi connectivity index (χ1n) is 8.88. The van der Waals surface area contributed by atoms with E-state index >= 15 is 0 Å².